The molecule has 0 spiro atoms. The fourth-order valence-electron chi connectivity index (χ4n) is 2.56. The summed E-state index contributed by atoms with van der Waals surface area (Å²) in [5.41, 5.74) is 7.41. The van der Waals surface area contributed by atoms with Gasteiger partial charge in [0.2, 0.25) is 11.7 Å². The summed E-state index contributed by atoms with van der Waals surface area (Å²) < 4.78 is 10.9. The molecule has 106 valence electrons. The van der Waals surface area contributed by atoms with E-state index in [2.05, 4.69) is 16.2 Å². The molecule has 20 heavy (non-hydrogen) atoms. The lowest BCUT2D eigenvalue weighted by Crippen LogP contribution is -2.37. The van der Waals surface area contributed by atoms with Crippen LogP contribution < -0.4 is 5.73 Å². The molecule has 3 rings (SSSR count). The van der Waals surface area contributed by atoms with Crippen LogP contribution in [-0.4, -0.2) is 17.3 Å². The van der Waals surface area contributed by atoms with Crippen LogP contribution in [0.15, 0.2) is 28.8 Å². The van der Waals surface area contributed by atoms with Gasteiger partial charge in [0.25, 0.3) is 0 Å². The van der Waals surface area contributed by atoms with Crippen LogP contribution in [0.25, 0.3) is 0 Å². The normalized spacial score (nSPS) is 16.9. The summed E-state index contributed by atoms with van der Waals surface area (Å²) in [6.45, 7) is 0. The van der Waals surface area contributed by atoms with Crippen LogP contribution in [0.3, 0.4) is 0 Å². The molecule has 1 aliphatic rings. The molecule has 0 bridgehead atoms. The molecule has 0 radical (unpaired) electrons. The molecular weight excluding hydrogens is 254 g/mol. The van der Waals surface area contributed by atoms with Crippen molar-refractivity contribution in [1.29, 1.82) is 0 Å². The number of ether oxygens (including phenoxy) is 1. The fourth-order valence-corrected chi connectivity index (χ4v) is 2.56. The molecule has 1 aromatic carbocycles. The number of hydrogen-bond donors (Lipinski definition) is 1. The van der Waals surface area contributed by atoms with Gasteiger partial charge in [0.1, 0.15) is 5.60 Å². The minimum Gasteiger partial charge on any atom is -0.399 e. The topological polar surface area (TPSA) is 74.2 Å². The highest BCUT2D eigenvalue weighted by Gasteiger charge is 2.43. The molecule has 0 unspecified atom stereocenters. The van der Waals surface area contributed by atoms with Crippen molar-refractivity contribution in [3.05, 3.63) is 41.5 Å². The van der Waals surface area contributed by atoms with Crippen molar-refractivity contribution in [2.24, 2.45) is 0 Å². The second-order valence-corrected chi connectivity index (χ2v) is 5.31. The van der Waals surface area contributed by atoms with E-state index >= 15 is 0 Å². The molecule has 0 amide bonds. The lowest BCUT2D eigenvalue weighted by Gasteiger charge is -2.37. The first-order valence-corrected chi connectivity index (χ1v) is 6.94. The fraction of sp³-hybridized carbons (Fsp3) is 0.467. The molecule has 5 heteroatoms. The molecule has 2 aromatic rings. The van der Waals surface area contributed by atoms with Crippen LogP contribution in [0, 0.1) is 0 Å². The van der Waals surface area contributed by atoms with Gasteiger partial charge in [0.05, 0.1) is 0 Å². The van der Waals surface area contributed by atoms with Gasteiger partial charge in [0.15, 0.2) is 0 Å². The summed E-state index contributed by atoms with van der Waals surface area (Å²) in [6.07, 6.45) is 4.65. The molecule has 1 heterocycles. The van der Waals surface area contributed by atoms with Crippen LogP contribution in [0.4, 0.5) is 5.69 Å². The number of nitrogen functional groups attached to an aromatic ring is 1. The first kappa shape index (κ1) is 13.1. The Labute approximate surface area is 118 Å². The van der Waals surface area contributed by atoms with E-state index in [-0.39, 0.29) is 5.60 Å². The van der Waals surface area contributed by atoms with Gasteiger partial charge in [-0.15, -0.1) is 0 Å². The third kappa shape index (κ3) is 2.41. The summed E-state index contributed by atoms with van der Waals surface area (Å²) in [4.78, 5) is 4.48. The van der Waals surface area contributed by atoms with Crippen molar-refractivity contribution in [2.45, 2.75) is 37.7 Å². The maximum atomic E-state index is 5.76. The van der Waals surface area contributed by atoms with Crippen LogP contribution in [0.1, 0.15) is 36.5 Å². The number of nitrogens with two attached hydrogens (primary N) is 1. The molecule has 0 aliphatic heterocycles. The Bertz CT molecular complexity index is 585. The van der Waals surface area contributed by atoms with Gasteiger partial charge < -0.3 is 15.0 Å². The quantitative estimate of drug-likeness (QED) is 0.847. The van der Waals surface area contributed by atoms with E-state index in [0.717, 1.165) is 37.8 Å². The number of benzene rings is 1. The Kier molecular flexibility index (Phi) is 3.44. The van der Waals surface area contributed by atoms with E-state index in [1.165, 1.54) is 5.56 Å². The van der Waals surface area contributed by atoms with E-state index in [1.54, 1.807) is 7.11 Å². The SMILES string of the molecule is COC1(c2noc(CCc3cccc(N)c3)n2)CCC1. The van der Waals surface area contributed by atoms with E-state index in [9.17, 15) is 0 Å². The van der Waals surface area contributed by atoms with E-state index < -0.39 is 0 Å². The highest BCUT2D eigenvalue weighted by molar-refractivity contribution is 5.40. The largest absolute Gasteiger partial charge is 0.399 e. The number of anilines is 1. The Hall–Kier alpha value is -1.88. The van der Waals surface area contributed by atoms with Gasteiger partial charge in [-0.2, -0.15) is 4.98 Å². The molecule has 1 aromatic heterocycles. The molecular formula is C15H19N3O2. The Balaban J connectivity index is 1.66. The summed E-state index contributed by atoms with van der Waals surface area (Å²) in [7, 11) is 1.71. The highest BCUT2D eigenvalue weighted by atomic mass is 16.5. The molecule has 1 saturated carbocycles. The van der Waals surface area contributed by atoms with Gasteiger partial charge in [-0.25, -0.2) is 0 Å². The zero-order chi connectivity index (χ0) is 14.0. The average molecular weight is 273 g/mol. The summed E-state index contributed by atoms with van der Waals surface area (Å²) >= 11 is 0. The highest BCUT2D eigenvalue weighted by Crippen LogP contribution is 2.42. The predicted molar refractivity (Wildman–Crippen MR) is 75.1 cm³/mol. The number of hydrogen-bond acceptors (Lipinski definition) is 5. The first-order valence-electron chi connectivity index (χ1n) is 6.94. The molecule has 1 aliphatic carbocycles. The van der Waals surface area contributed by atoms with Crippen LogP contribution in [0.2, 0.25) is 0 Å². The maximum absolute atomic E-state index is 5.76. The Morgan fingerprint density at radius 2 is 2.20 bits per heavy atom. The second kappa shape index (κ2) is 5.25. The Morgan fingerprint density at radius 1 is 1.35 bits per heavy atom. The standard InChI is InChI=1S/C15H19N3O2/c1-19-15(8-3-9-15)14-17-13(20-18-14)7-6-11-4-2-5-12(16)10-11/h2,4-5,10H,3,6-9,16H2,1H3. The first-order chi connectivity index (χ1) is 9.72. The van der Waals surface area contributed by atoms with Crippen molar-refractivity contribution in [2.75, 3.05) is 12.8 Å². The van der Waals surface area contributed by atoms with Crippen LogP contribution in [-0.2, 0) is 23.2 Å². The Morgan fingerprint density at radius 3 is 2.85 bits per heavy atom. The maximum Gasteiger partial charge on any atom is 0.227 e. The van der Waals surface area contributed by atoms with Crippen molar-refractivity contribution >= 4 is 5.69 Å². The van der Waals surface area contributed by atoms with Crippen LogP contribution in [0.5, 0.6) is 0 Å². The number of nitrogens with zero attached hydrogens (tertiary/aromatic N) is 2. The van der Waals surface area contributed by atoms with E-state index in [4.69, 9.17) is 15.0 Å². The molecule has 0 saturated heterocycles. The van der Waals surface area contributed by atoms with E-state index in [0.29, 0.717) is 11.7 Å². The number of aryl methyl sites for hydroxylation is 2. The lowest BCUT2D eigenvalue weighted by atomic mass is 9.79. The predicted octanol–water partition coefficient (Wildman–Crippen LogP) is 2.46. The smallest absolute Gasteiger partial charge is 0.227 e. The number of methoxy groups -OCH3 is 1. The monoisotopic (exact) mass is 273 g/mol. The van der Waals surface area contributed by atoms with Gasteiger partial charge in [-0.05, 0) is 43.4 Å². The summed E-state index contributed by atoms with van der Waals surface area (Å²) in [6, 6.07) is 7.86. The molecule has 5 nitrogen and oxygen atoms in total. The van der Waals surface area contributed by atoms with Gasteiger partial charge in [-0.1, -0.05) is 17.3 Å². The second-order valence-electron chi connectivity index (χ2n) is 5.31. The minimum atomic E-state index is -0.307. The van der Waals surface area contributed by atoms with Crippen molar-refractivity contribution in [1.82, 2.24) is 10.1 Å². The molecule has 0 atom stereocenters. The van der Waals surface area contributed by atoms with Crippen LogP contribution >= 0.6 is 0 Å². The van der Waals surface area contributed by atoms with Gasteiger partial charge >= 0.3 is 0 Å². The average Bonchev–Trinajstić information content (AvgIpc) is 2.85. The zero-order valence-electron chi connectivity index (χ0n) is 11.6. The lowest BCUT2D eigenvalue weighted by molar-refractivity contribution is -0.0858. The van der Waals surface area contributed by atoms with Gasteiger partial charge in [-0.3, -0.25) is 0 Å². The van der Waals surface area contributed by atoms with Crippen molar-refractivity contribution < 1.29 is 9.26 Å². The number of rotatable bonds is 5. The minimum absolute atomic E-state index is 0.307. The number of aromatic nitrogens is 2. The molecule has 2 N–H and O–H groups in total. The van der Waals surface area contributed by atoms with E-state index in [1.807, 2.05) is 18.2 Å². The van der Waals surface area contributed by atoms with Gasteiger partial charge in [0, 0.05) is 19.2 Å². The van der Waals surface area contributed by atoms with Crippen molar-refractivity contribution in [3.8, 4) is 0 Å². The summed E-state index contributed by atoms with van der Waals surface area (Å²) in [5.74, 6) is 1.35. The zero-order valence-corrected chi connectivity index (χ0v) is 11.6. The third-order valence-electron chi connectivity index (χ3n) is 4.01. The molecule has 1 fully saturated rings. The van der Waals surface area contributed by atoms with Crippen molar-refractivity contribution in [3.63, 3.8) is 0 Å². The summed E-state index contributed by atoms with van der Waals surface area (Å²) in [5, 5.41) is 4.08. The third-order valence-corrected chi connectivity index (χ3v) is 4.01.